The molecule has 1 saturated carbocycles. The van der Waals surface area contributed by atoms with Crippen molar-refractivity contribution in [2.75, 3.05) is 32.1 Å². The van der Waals surface area contributed by atoms with E-state index in [1.807, 2.05) is 38.3 Å². The number of hydrogen-bond acceptors (Lipinski definition) is 8. The van der Waals surface area contributed by atoms with Crippen LogP contribution in [0.1, 0.15) is 116 Å². The largest absolute Gasteiger partial charge is 0.438 e. The van der Waals surface area contributed by atoms with Crippen LogP contribution in [0.15, 0.2) is 75.0 Å². The third-order valence-corrected chi connectivity index (χ3v) is 18.2. The van der Waals surface area contributed by atoms with Crippen LogP contribution in [0.25, 0.3) is 28.1 Å². The monoisotopic (exact) mass is 932 g/mol. The van der Waals surface area contributed by atoms with E-state index in [1.165, 1.54) is 27.0 Å². The van der Waals surface area contributed by atoms with Crippen LogP contribution >= 0.6 is 7.14 Å². The molecule has 4 aromatic heterocycles. The number of fused-ring (bicyclic) bond motifs is 2. The molecule has 3 aliphatic rings. The predicted molar refractivity (Wildman–Crippen MR) is 251 cm³/mol. The zero-order valence-corrected chi connectivity index (χ0v) is 39.8. The number of nitrogens with one attached hydrogen (secondary N) is 1. The molecule has 1 N–H and O–H groups in total. The second-order valence-corrected chi connectivity index (χ2v) is 22.1. The molecule has 0 radical (unpaired) electrons. The molecular weight excluding hydrogens is 878 g/mol. The Morgan fingerprint density at radius 2 is 1.66 bits per heavy atom. The highest BCUT2D eigenvalue weighted by molar-refractivity contribution is 7.71. The summed E-state index contributed by atoms with van der Waals surface area (Å²) in [7, 11) is -2.86. The number of rotatable bonds is 11. The topological polar surface area (TPSA) is 155 Å². The zero-order valence-electron chi connectivity index (χ0n) is 38.9. The second kappa shape index (κ2) is 16.6. The molecule has 3 aromatic carbocycles. The number of carbonyl (C=O) groups is 1. The molecule has 67 heavy (non-hydrogen) atoms. The Morgan fingerprint density at radius 3 is 2.30 bits per heavy atom. The molecule has 17 heteroatoms. The van der Waals surface area contributed by atoms with Crippen LogP contribution in [-0.4, -0.2) is 76.5 Å². The number of halogens is 2. The first-order valence-corrected chi connectivity index (χ1v) is 25.4. The maximum atomic E-state index is 16.3. The van der Waals surface area contributed by atoms with Crippen molar-refractivity contribution >= 4 is 29.3 Å². The van der Waals surface area contributed by atoms with Crippen molar-refractivity contribution in [3.05, 3.63) is 139 Å². The number of imidazole rings is 1. The van der Waals surface area contributed by atoms with Gasteiger partial charge in [0.05, 0.1) is 23.1 Å². The highest BCUT2D eigenvalue weighted by Crippen LogP contribution is 2.56. The Bertz CT molecular complexity index is 3270. The van der Waals surface area contributed by atoms with Gasteiger partial charge in [-0.1, -0.05) is 38.9 Å². The molecule has 14 nitrogen and oxygen atoms in total. The lowest BCUT2D eigenvalue weighted by atomic mass is 9.91. The van der Waals surface area contributed by atoms with Gasteiger partial charge in [0.2, 0.25) is 0 Å². The van der Waals surface area contributed by atoms with Crippen LogP contribution in [-0.2, 0) is 27.7 Å². The summed E-state index contributed by atoms with van der Waals surface area (Å²) in [6.07, 6.45) is 7.05. The lowest BCUT2D eigenvalue weighted by molar-refractivity contribution is 0.0663. The van der Waals surface area contributed by atoms with E-state index in [0.717, 1.165) is 23.7 Å². The fourth-order valence-corrected chi connectivity index (χ4v) is 13.2. The molecule has 1 amide bonds. The Hall–Kier alpha value is -6.12. The molecule has 1 saturated heterocycles. The van der Waals surface area contributed by atoms with E-state index in [4.69, 9.17) is 14.4 Å². The van der Waals surface area contributed by atoms with Crippen LogP contribution in [0.3, 0.4) is 0 Å². The molecule has 7 aromatic rings. The summed E-state index contributed by atoms with van der Waals surface area (Å²) in [5.74, 6) is -0.992. The van der Waals surface area contributed by atoms with E-state index in [0.29, 0.717) is 107 Å². The first-order chi connectivity index (χ1) is 32.1. The Morgan fingerprint density at radius 1 is 0.955 bits per heavy atom. The summed E-state index contributed by atoms with van der Waals surface area (Å²) in [6, 6.07) is 13.9. The van der Waals surface area contributed by atoms with Gasteiger partial charge in [-0.05, 0) is 123 Å². The SMILES string of the molecule is CCc1cc(-n2ccn(-c3c4c(nn3-c3cc(C)c(F)c(C)c3)CCN(C(=O)c3cc5cc(C6CCOCC6)ccc5n3[C@@]3(c5noc(=O)[nH]5)C[C@@H]3C)[C@H]4C)c2=O)c(F)cc1P(=O)(CC)CC. The number of aryl methyl sites for hydroxylation is 3. The van der Waals surface area contributed by atoms with E-state index in [1.54, 1.807) is 47.8 Å². The fraction of sp³-hybridized carbons (Fsp3) is 0.420. The zero-order chi connectivity index (χ0) is 47.3. The minimum Gasteiger partial charge on any atom is -0.381 e. The number of H-pyrrole nitrogens is 1. The van der Waals surface area contributed by atoms with Crippen LogP contribution < -0.4 is 16.8 Å². The van der Waals surface area contributed by atoms with Crippen molar-refractivity contribution in [3.63, 3.8) is 0 Å². The Labute approximate surface area is 385 Å². The lowest BCUT2D eigenvalue weighted by Crippen LogP contribution is -2.41. The van der Waals surface area contributed by atoms with Gasteiger partial charge in [0.25, 0.3) is 5.91 Å². The van der Waals surface area contributed by atoms with Gasteiger partial charge in [0, 0.05) is 72.7 Å². The average molecular weight is 933 g/mol. The molecule has 1 aliphatic carbocycles. The van der Waals surface area contributed by atoms with Gasteiger partial charge in [-0.25, -0.2) is 23.1 Å². The molecule has 2 aliphatic heterocycles. The summed E-state index contributed by atoms with van der Waals surface area (Å²) in [4.78, 5) is 47.4. The summed E-state index contributed by atoms with van der Waals surface area (Å²) in [5, 5.41) is 10.6. The van der Waals surface area contributed by atoms with Gasteiger partial charge in [-0.2, -0.15) is 5.10 Å². The summed E-state index contributed by atoms with van der Waals surface area (Å²) in [6.45, 7) is 14.6. The number of ether oxygens (including phenoxy) is 1. The quantitative estimate of drug-likeness (QED) is 0.127. The molecule has 2 fully saturated rings. The van der Waals surface area contributed by atoms with Crippen LogP contribution in [0.4, 0.5) is 8.78 Å². The van der Waals surface area contributed by atoms with Gasteiger partial charge in [-0.15, -0.1) is 0 Å². The van der Waals surface area contributed by atoms with E-state index in [2.05, 4.69) is 35.3 Å². The van der Waals surface area contributed by atoms with Gasteiger partial charge >= 0.3 is 11.4 Å². The van der Waals surface area contributed by atoms with E-state index >= 15 is 13.6 Å². The van der Waals surface area contributed by atoms with Crippen LogP contribution in [0.5, 0.6) is 0 Å². The number of hydrogen-bond donors (Lipinski definition) is 1. The van der Waals surface area contributed by atoms with Crippen molar-refractivity contribution in [1.82, 2.24) is 38.5 Å². The lowest BCUT2D eigenvalue weighted by Gasteiger charge is -2.34. The molecule has 0 unspecified atom stereocenters. The molecule has 350 valence electrons. The van der Waals surface area contributed by atoms with Gasteiger partial charge in [0.1, 0.15) is 35.8 Å². The fourth-order valence-electron chi connectivity index (χ4n) is 10.9. The normalized spacial score (nSPS) is 19.9. The van der Waals surface area contributed by atoms with E-state index in [9.17, 15) is 14.2 Å². The van der Waals surface area contributed by atoms with Gasteiger partial charge in [0.15, 0.2) is 5.82 Å². The number of aromatic amines is 1. The number of aromatic nitrogens is 7. The molecule has 3 atom stereocenters. The maximum absolute atomic E-state index is 16.3. The summed E-state index contributed by atoms with van der Waals surface area (Å²) >= 11 is 0. The minimum absolute atomic E-state index is 0.00318. The predicted octanol–water partition coefficient (Wildman–Crippen LogP) is 8.37. The Kier molecular flexibility index (Phi) is 11.1. The second-order valence-electron chi connectivity index (χ2n) is 18.6. The standard InChI is InChI=1S/C50H55F2N8O6P/c1-8-32-24-40(37(51)26-42(32)67(64,9-2)10-3)57-17-18-58(49(57)63)45-43-31(7)56(16-13-38(43)54-60(45)36-21-28(4)44(52)29(5)22-36)46(61)41-25-35-23-34(33-14-19-65-20-15-33)11-12-39(35)59(41)50(27-30(50)6)47-53-48(62)66-55-47/h11-12,17-18,21-26,30-31,33H,8-10,13-16,19-20,27H2,1-7H3,(H,53,55,62)/t30-,31-,50-/m0/s1. The highest BCUT2D eigenvalue weighted by Gasteiger charge is 2.59. The Balaban J connectivity index is 1.12. The third-order valence-electron chi connectivity index (χ3n) is 14.9. The highest BCUT2D eigenvalue weighted by atomic mass is 31.2. The van der Waals surface area contributed by atoms with E-state index in [-0.39, 0.29) is 29.9 Å². The van der Waals surface area contributed by atoms with Crippen molar-refractivity contribution in [1.29, 1.82) is 0 Å². The number of nitrogens with zero attached hydrogens (tertiary/aromatic N) is 7. The average Bonchev–Trinajstić information content (AvgIpc) is 3.82. The first-order valence-electron chi connectivity index (χ1n) is 23.4. The summed E-state index contributed by atoms with van der Waals surface area (Å²) in [5.41, 5.74) is 4.22. The van der Waals surface area contributed by atoms with Crippen molar-refractivity contribution in [2.24, 2.45) is 5.92 Å². The molecule has 6 heterocycles. The van der Waals surface area contributed by atoms with Crippen LogP contribution in [0.2, 0.25) is 0 Å². The maximum Gasteiger partial charge on any atom is 0.438 e. The van der Waals surface area contributed by atoms with Crippen LogP contribution in [0, 0.1) is 31.4 Å². The van der Waals surface area contributed by atoms with Crippen molar-refractivity contribution in [2.45, 2.75) is 98.1 Å². The summed E-state index contributed by atoms with van der Waals surface area (Å²) < 4.78 is 62.4. The van der Waals surface area contributed by atoms with Gasteiger partial charge in [-0.3, -0.25) is 23.4 Å². The first kappa shape index (κ1) is 44.7. The van der Waals surface area contributed by atoms with Crippen molar-refractivity contribution < 1.29 is 27.4 Å². The number of carbonyl (C=O) groups excluding carboxylic acids is 1. The molecular formula is C50H55F2N8O6P. The van der Waals surface area contributed by atoms with Crippen molar-refractivity contribution in [3.8, 4) is 17.2 Å². The smallest absolute Gasteiger partial charge is 0.381 e. The molecule has 10 rings (SSSR count). The van der Waals surface area contributed by atoms with Gasteiger partial charge < -0.3 is 18.8 Å². The van der Waals surface area contributed by atoms with E-state index < -0.39 is 36.0 Å². The third kappa shape index (κ3) is 7.03. The number of benzene rings is 3. The molecule has 0 spiro atoms. The number of amides is 1. The minimum atomic E-state index is -2.86. The molecule has 0 bridgehead atoms.